The summed E-state index contributed by atoms with van der Waals surface area (Å²) in [4.78, 5) is 11.9. The predicted molar refractivity (Wildman–Crippen MR) is 97.1 cm³/mol. The van der Waals surface area contributed by atoms with Gasteiger partial charge in [-0.05, 0) is 30.3 Å². The highest BCUT2D eigenvalue weighted by Crippen LogP contribution is 2.22. The molecule has 0 aliphatic heterocycles. The lowest BCUT2D eigenvalue weighted by Crippen LogP contribution is -2.26. The van der Waals surface area contributed by atoms with Crippen LogP contribution in [0.2, 0.25) is 5.02 Å². The molecule has 0 aliphatic carbocycles. The van der Waals surface area contributed by atoms with Gasteiger partial charge in [-0.15, -0.1) is 0 Å². The fourth-order valence-electron chi connectivity index (χ4n) is 2.29. The van der Waals surface area contributed by atoms with E-state index in [2.05, 4.69) is 10.5 Å². The second kappa shape index (κ2) is 8.51. The number of rotatable bonds is 7. The van der Waals surface area contributed by atoms with Crippen molar-refractivity contribution in [1.82, 2.24) is 10.5 Å². The van der Waals surface area contributed by atoms with E-state index in [-0.39, 0.29) is 25.7 Å². The van der Waals surface area contributed by atoms with Crippen molar-refractivity contribution in [2.75, 3.05) is 13.2 Å². The minimum Gasteiger partial charge on any atom is -0.486 e. The lowest BCUT2D eigenvalue weighted by molar-refractivity contribution is 0.0944. The van der Waals surface area contributed by atoms with Crippen molar-refractivity contribution in [2.24, 2.45) is 0 Å². The normalized spacial score (nSPS) is 10.5. The number of hydrogen-bond donors (Lipinski definition) is 2. The van der Waals surface area contributed by atoms with Gasteiger partial charge in [0.2, 0.25) is 0 Å². The lowest BCUT2D eigenvalue weighted by atomic mass is 10.1. The number of aliphatic hydroxyl groups is 1. The lowest BCUT2D eigenvalue weighted by Gasteiger charge is -2.07. The maximum atomic E-state index is 11.9. The molecule has 0 atom stereocenters. The van der Waals surface area contributed by atoms with Gasteiger partial charge in [-0.2, -0.15) is 0 Å². The molecule has 0 radical (unpaired) electrons. The summed E-state index contributed by atoms with van der Waals surface area (Å²) < 4.78 is 11.0. The van der Waals surface area contributed by atoms with E-state index in [0.29, 0.717) is 27.8 Å². The fourth-order valence-corrected chi connectivity index (χ4v) is 2.42. The molecule has 1 aromatic heterocycles. The number of nitrogens with zero attached hydrogens (tertiary/aromatic N) is 1. The molecule has 0 saturated carbocycles. The number of benzene rings is 2. The Morgan fingerprint density at radius 2 is 2.00 bits per heavy atom. The van der Waals surface area contributed by atoms with Crippen LogP contribution in [0.3, 0.4) is 0 Å². The molecule has 0 bridgehead atoms. The number of aliphatic hydroxyl groups excluding tert-OH is 1. The Bertz CT molecular complexity index is 877. The van der Waals surface area contributed by atoms with Gasteiger partial charge in [-0.1, -0.05) is 35.0 Å². The first-order chi connectivity index (χ1) is 12.7. The Hall–Kier alpha value is -2.83. The van der Waals surface area contributed by atoms with E-state index in [4.69, 9.17) is 26.0 Å². The van der Waals surface area contributed by atoms with E-state index in [1.807, 2.05) is 12.1 Å². The summed E-state index contributed by atoms with van der Waals surface area (Å²) in [5.74, 6) is 0.824. The molecule has 1 amide bonds. The van der Waals surface area contributed by atoms with Gasteiger partial charge < -0.3 is 19.7 Å². The Balaban J connectivity index is 1.62. The SMILES string of the molecule is O=C(NCCO)c1cccc(OCc2cc(-c3ccc(Cl)cc3)no2)c1. The number of hydrogen-bond acceptors (Lipinski definition) is 5. The summed E-state index contributed by atoms with van der Waals surface area (Å²) >= 11 is 5.88. The molecular weight excluding hydrogens is 356 g/mol. The zero-order valence-electron chi connectivity index (χ0n) is 13.8. The molecule has 6 nitrogen and oxygen atoms in total. The average molecular weight is 373 g/mol. The summed E-state index contributed by atoms with van der Waals surface area (Å²) in [7, 11) is 0. The van der Waals surface area contributed by atoms with Crippen LogP contribution in [0.1, 0.15) is 16.1 Å². The van der Waals surface area contributed by atoms with E-state index >= 15 is 0 Å². The van der Waals surface area contributed by atoms with Gasteiger partial charge in [0.15, 0.2) is 5.76 Å². The van der Waals surface area contributed by atoms with Crippen LogP contribution in [0.15, 0.2) is 59.1 Å². The topological polar surface area (TPSA) is 84.6 Å². The van der Waals surface area contributed by atoms with Gasteiger partial charge in [-0.3, -0.25) is 4.79 Å². The maximum absolute atomic E-state index is 11.9. The standard InChI is InChI=1S/C19H17ClN2O4/c20-15-6-4-13(5-7-15)18-11-17(26-22-18)12-25-16-3-1-2-14(10-16)19(24)21-8-9-23/h1-7,10-11,23H,8-9,12H2,(H,21,24). The molecule has 0 spiro atoms. The van der Waals surface area contributed by atoms with Crippen LogP contribution in [0.4, 0.5) is 0 Å². The molecule has 26 heavy (non-hydrogen) atoms. The number of aromatic nitrogens is 1. The Morgan fingerprint density at radius 3 is 2.77 bits per heavy atom. The van der Waals surface area contributed by atoms with Gasteiger partial charge in [0.25, 0.3) is 5.91 Å². The monoisotopic (exact) mass is 372 g/mol. The molecule has 0 fully saturated rings. The van der Waals surface area contributed by atoms with Gasteiger partial charge in [0.05, 0.1) is 6.61 Å². The third kappa shape index (κ3) is 4.62. The Kier molecular flexibility index (Phi) is 5.88. The smallest absolute Gasteiger partial charge is 0.251 e. The Labute approximate surface area is 155 Å². The first-order valence-electron chi connectivity index (χ1n) is 7.99. The molecule has 0 aliphatic rings. The molecule has 1 heterocycles. The second-order valence-electron chi connectivity index (χ2n) is 5.48. The fraction of sp³-hybridized carbons (Fsp3) is 0.158. The molecule has 134 valence electrons. The first-order valence-corrected chi connectivity index (χ1v) is 8.37. The van der Waals surface area contributed by atoms with Crippen LogP contribution < -0.4 is 10.1 Å². The van der Waals surface area contributed by atoms with E-state index in [0.717, 1.165) is 5.56 Å². The van der Waals surface area contributed by atoms with E-state index < -0.39 is 0 Å². The van der Waals surface area contributed by atoms with Crippen molar-refractivity contribution < 1.29 is 19.2 Å². The Morgan fingerprint density at radius 1 is 1.19 bits per heavy atom. The number of ether oxygens (including phenoxy) is 1. The molecule has 2 aromatic carbocycles. The number of nitrogens with one attached hydrogen (secondary N) is 1. The van der Waals surface area contributed by atoms with Crippen molar-refractivity contribution in [3.05, 3.63) is 70.9 Å². The molecular formula is C19H17ClN2O4. The first kappa shape index (κ1) is 18.0. The summed E-state index contributed by atoms with van der Waals surface area (Å²) in [5, 5.41) is 16.0. The molecule has 7 heteroatoms. The van der Waals surface area contributed by atoms with Crippen molar-refractivity contribution in [3.8, 4) is 17.0 Å². The molecule has 2 N–H and O–H groups in total. The number of carbonyl (C=O) groups excluding carboxylic acids is 1. The van der Waals surface area contributed by atoms with Crippen molar-refractivity contribution in [3.63, 3.8) is 0 Å². The highest BCUT2D eigenvalue weighted by atomic mass is 35.5. The summed E-state index contributed by atoms with van der Waals surface area (Å²) in [6.07, 6.45) is 0. The maximum Gasteiger partial charge on any atom is 0.251 e. The minimum absolute atomic E-state index is 0.108. The third-order valence-corrected chi connectivity index (χ3v) is 3.83. The van der Waals surface area contributed by atoms with E-state index in [1.165, 1.54) is 0 Å². The van der Waals surface area contributed by atoms with Gasteiger partial charge in [0.1, 0.15) is 18.1 Å². The third-order valence-electron chi connectivity index (χ3n) is 3.57. The van der Waals surface area contributed by atoms with Gasteiger partial charge in [-0.25, -0.2) is 0 Å². The van der Waals surface area contributed by atoms with Crippen LogP contribution >= 0.6 is 11.6 Å². The number of carbonyl (C=O) groups is 1. The van der Waals surface area contributed by atoms with Crippen molar-refractivity contribution >= 4 is 17.5 Å². The average Bonchev–Trinajstić information content (AvgIpc) is 3.14. The van der Waals surface area contributed by atoms with Crippen LogP contribution in [0.25, 0.3) is 11.3 Å². The highest BCUT2D eigenvalue weighted by molar-refractivity contribution is 6.30. The van der Waals surface area contributed by atoms with Gasteiger partial charge in [0, 0.05) is 28.8 Å². The number of amides is 1. The molecule has 0 saturated heterocycles. The minimum atomic E-state index is -0.269. The molecule has 3 aromatic rings. The zero-order chi connectivity index (χ0) is 18.4. The summed E-state index contributed by atoms with van der Waals surface area (Å²) in [6, 6.07) is 15.9. The quantitative estimate of drug-likeness (QED) is 0.664. The van der Waals surface area contributed by atoms with E-state index in [1.54, 1.807) is 42.5 Å². The van der Waals surface area contributed by atoms with Crippen molar-refractivity contribution in [2.45, 2.75) is 6.61 Å². The molecule has 3 rings (SSSR count). The van der Waals surface area contributed by atoms with Crippen LogP contribution in [-0.4, -0.2) is 29.3 Å². The van der Waals surface area contributed by atoms with E-state index in [9.17, 15) is 4.79 Å². The summed E-state index contributed by atoms with van der Waals surface area (Å²) in [6.45, 7) is 0.279. The largest absolute Gasteiger partial charge is 0.486 e. The van der Waals surface area contributed by atoms with Gasteiger partial charge >= 0.3 is 0 Å². The molecule has 0 unspecified atom stereocenters. The van der Waals surface area contributed by atoms with Crippen LogP contribution in [0, 0.1) is 0 Å². The number of halogens is 1. The highest BCUT2D eigenvalue weighted by Gasteiger charge is 2.09. The predicted octanol–water partition coefficient (Wildman–Crippen LogP) is 3.30. The van der Waals surface area contributed by atoms with Crippen molar-refractivity contribution in [1.29, 1.82) is 0 Å². The zero-order valence-corrected chi connectivity index (χ0v) is 14.6. The van der Waals surface area contributed by atoms with Crippen LogP contribution in [-0.2, 0) is 6.61 Å². The second-order valence-corrected chi connectivity index (χ2v) is 5.92. The summed E-state index contributed by atoms with van der Waals surface area (Å²) in [5.41, 5.74) is 2.04. The van der Waals surface area contributed by atoms with Crippen LogP contribution in [0.5, 0.6) is 5.75 Å².